The molecule has 1 saturated carbocycles. The van der Waals surface area contributed by atoms with Gasteiger partial charge in [-0.2, -0.15) is 0 Å². The van der Waals surface area contributed by atoms with E-state index < -0.39 is 0 Å². The van der Waals surface area contributed by atoms with E-state index >= 15 is 0 Å². The van der Waals surface area contributed by atoms with Crippen LogP contribution >= 0.6 is 11.6 Å². The molecule has 0 atom stereocenters. The van der Waals surface area contributed by atoms with Crippen LogP contribution in [0.25, 0.3) is 0 Å². The average Bonchev–Trinajstić information content (AvgIpc) is 2.32. The number of alkyl halides is 1. The summed E-state index contributed by atoms with van der Waals surface area (Å²) < 4.78 is 0. The molecule has 0 aliphatic heterocycles. The standard InChI is InChI=1S/C15H23ClN2/c1-11(2)14-7-13(9-16)8-15(17-14)18(3)10-12-5-4-6-12/h7-8,11-12H,4-6,9-10H2,1-3H3. The Morgan fingerprint density at radius 2 is 2.11 bits per heavy atom. The number of hydrogen-bond acceptors (Lipinski definition) is 2. The van der Waals surface area contributed by atoms with Crippen LogP contribution in [0.4, 0.5) is 5.82 Å². The first-order chi connectivity index (χ1) is 8.60. The quantitative estimate of drug-likeness (QED) is 0.744. The first kappa shape index (κ1) is 13.7. The van der Waals surface area contributed by atoms with Gasteiger partial charge in [0.25, 0.3) is 0 Å². The minimum absolute atomic E-state index is 0.448. The van der Waals surface area contributed by atoms with E-state index in [9.17, 15) is 0 Å². The molecule has 100 valence electrons. The van der Waals surface area contributed by atoms with Gasteiger partial charge in [-0.1, -0.05) is 20.3 Å². The fourth-order valence-corrected chi connectivity index (χ4v) is 2.47. The van der Waals surface area contributed by atoms with Crippen molar-refractivity contribution in [3.8, 4) is 0 Å². The zero-order chi connectivity index (χ0) is 13.1. The van der Waals surface area contributed by atoms with Crippen molar-refractivity contribution in [3.63, 3.8) is 0 Å². The van der Waals surface area contributed by atoms with Crippen molar-refractivity contribution in [3.05, 3.63) is 23.4 Å². The highest BCUT2D eigenvalue weighted by molar-refractivity contribution is 6.17. The summed E-state index contributed by atoms with van der Waals surface area (Å²) in [6.07, 6.45) is 4.14. The SMILES string of the molecule is CC(C)c1cc(CCl)cc(N(C)CC2CCC2)n1. The Hall–Kier alpha value is -0.760. The van der Waals surface area contributed by atoms with Gasteiger partial charge in [0.15, 0.2) is 0 Å². The van der Waals surface area contributed by atoms with E-state index in [0.717, 1.165) is 24.0 Å². The molecule has 0 spiro atoms. The Kier molecular flexibility index (Phi) is 4.50. The van der Waals surface area contributed by atoms with E-state index in [1.807, 2.05) is 0 Å². The summed E-state index contributed by atoms with van der Waals surface area (Å²) in [6.45, 7) is 5.47. The van der Waals surface area contributed by atoms with Crippen molar-refractivity contribution in [2.45, 2.75) is 44.9 Å². The van der Waals surface area contributed by atoms with Gasteiger partial charge in [-0.25, -0.2) is 4.98 Å². The van der Waals surface area contributed by atoms with E-state index in [1.165, 1.54) is 24.8 Å². The summed E-state index contributed by atoms with van der Waals surface area (Å²) >= 11 is 5.98. The number of anilines is 1. The van der Waals surface area contributed by atoms with Gasteiger partial charge < -0.3 is 4.90 Å². The van der Waals surface area contributed by atoms with Gasteiger partial charge in [-0.05, 0) is 42.4 Å². The highest BCUT2D eigenvalue weighted by atomic mass is 35.5. The van der Waals surface area contributed by atoms with Crippen LogP contribution in [0.15, 0.2) is 12.1 Å². The van der Waals surface area contributed by atoms with E-state index in [4.69, 9.17) is 16.6 Å². The summed E-state index contributed by atoms with van der Waals surface area (Å²) in [4.78, 5) is 7.04. The van der Waals surface area contributed by atoms with Crippen LogP contribution in [0, 0.1) is 5.92 Å². The lowest BCUT2D eigenvalue weighted by Gasteiger charge is -2.31. The van der Waals surface area contributed by atoms with Crippen LogP contribution in [-0.4, -0.2) is 18.6 Å². The maximum atomic E-state index is 5.98. The van der Waals surface area contributed by atoms with Crippen LogP contribution in [0.1, 0.15) is 50.3 Å². The van der Waals surface area contributed by atoms with Crippen molar-refractivity contribution in [1.29, 1.82) is 0 Å². The van der Waals surface area contributed by atoms with Gasteiger partial charge in [0.2, 0.25) is 0 Å². The predicted molar refractivity (Wildman–Crippen MR) is 78.5 cm³/mol. The molecule has 0 radical (unpaired) electrons. The van der Waals surface area contributed by atoms with Gasteiger partial charge in [0.1, 0.15) is 5.82 Å². The summed E-state index contributed by atoms with van der Waals surface area (Å²) in [5.41, 5.74) is 2.31. The molecule has 2 rings (SSSR count). The van der Waals surface area contributed by atoms with Crippen LogP contribution in [-0.2, 0) is 5.88 Å². The number of hydrogen-bond donors (Lipinski definition) is 0. The van der Waals surface area contributed by atoms with Crippen molar-refractivity contribution >= 4 is 17.4 Å². The van der Waals surface area contributed by atoms with Gasteiger partial charge in [0.05, 0.1) is 0 Å². The first-order valence-electron chi connectivity index (χ1n) is 6.88. The number of rotatable bonds is 5. The molecule has 1 aliphatic carbocycles. The summed E-state index contributed by atoms with van der Waals surface area (Å²) in [5, 5.41) is 0. The number of nitrogens with zero attached hydrogens (tertiary/aromatic N) is 2. The Balaban J connectivity index is 2.16. The molecule has 2 nitrogen and oxygen atoms in total. The smallest absolute Gasteiger partial charge is 0.128 e. The summed E-state index contributed by atoms with van der Waals surface area (Å²) in [7, 11) is 2.14. The summed E-state index contributed by atoms with van der Waals surface area (Å²) in [6, 6.07) is 4.25. The third-order valence-electron chi connectivity index (χ3n) is 3.79. The van der Waals surface area contributed by atoms with Crippen molar-refractivity contribution in [1.82, 2.24) is 4.98 Å². The van der Waals surface area contributed by atoms with Crippen LogP contribution in [0.3, 0.4) is 0 Å². The van der Waals surface area contributed by atoms with Gasteiger partial charge in [-0.15, -0.1) is 11.6 Å². The zero-order valence-corrected chi connectivity index (χ0v) is 12.4. The van der Waals surface area contributed by atoms with E-state index in [0.29, 0.717) is 11.8 Å². The third-order valence-corrected chi connectivity index (χ3v) is 4.09. The van der Waals surface area contributed by atoms with Crippen molar-refractivity contribution < 1.29 is 0 Å². The maximum Gasteiger partial charge on any atom is 0.128 e. The Labute approximate surface area is 115 Å². The molecule has 1 aliphatic rings. The topological polar surface area (TPSA) is 16.1 Å². The Morgan fingerprint density at radius 1 is 1.39 bits per heavy atom. The number of halogens is 1. The molecule has 1 aromatic rings. The number of pyridine rings is 1. The van der Waals surface area contributed by atoms with Crippen LogP contribution in [0.2, 0.25) is 0 Å². The monoisotopic (exact) mass is 266 g/mol. The second-order valence-electron chi connectivity index (χ2n) is 5.72. The highest BCUT2D eigenvalue weighted by Gasteiger charge is 2.20. The summed E-state index contributed by atoms with van der Waals surface area (Å²) in [5.74, 6) is 2.94. The fraction of sp³-hybridized carbons (Fsp3) is 0.667. The molecule has 3 heteroatoms. The second-order valence-corrected chi connectivity index (χ2v) is 5.99. The van der Waals surface area contributed by atoms with Crippen LogP contribution in [0.5, 0.6) is 0 Å². The fourth-order valence-electron chi connectivity index (χ4n) is 2.32. The maximum absolute atomic E-state index is 5.98. The normalized spacial score (nSPS) is 15.8. The zero-order valence-electron chi connectivity index (χ0n) is 11.6. The lowest BCUT2D eigenvalue weighted by atomic mass is 9.85. The lowest BCUT2D eigenvalue weighted by molar-refractivity contribution is 0.321. The van der Waals surface area contributed by atoms with Crippen LogP contribution < -0.4 is 4.90 Å². The number of aromatic nitrogens is 1. The molecule has 0 N–H and O–H groups in total. The molecule has 1 aromatic heterocycles. The molecule has 0 saturated heterocycles. The lowest BCUT2D eigenvalue weighted by Crippen LogP contribution is -2.30. The molecule has 0 amide bonds. The first-order valence-corrected chi connectivity index (χ1v) is 7.41. The second kappa shape index (κ2) is 5.92. The highest BCUT2D eigenvalue weighted by Crippen LogP contribution is 2.28. The van der Waals surface area contributed by atoms with E-state index in [1.54, 1.807) is 0 Å². The molecule has 1 fully saturated rings. The average molecular weight is 267 g/mol. The molecule has 18 heavy (non-hydrogen) atoms. The van der Waals surface area contributed by atoms with Gasteiger partial charge >= 0.3 is 0 Å². The minimum atomic E-state index is 0.448. The Bertz CT molecular complexity index is 399. The molecule has 0 unspecified atom stereocenters. The molecular weight excluding hydrogens is 244 g/mol. The van der Waals surface area contributed by atoms with E-state index in [-0.39, 0.29) is 0 Å². The molecule has 0 bridgehead atoms. The van der Waals surface area contributed by atoms with Crippen molar-refractivity contribution in [2.75, 3.05) is 18.5 Å². The predicted octanol–water partition coefficient (Wildman–Crippen LogP) is 4.18. The minimum Gasteiger partial charge on any atom is -0.359 e. The molecule has 1 heterocycles. The molecular formula is C15H23ClN2. The van der Waals surface area contributed by atoms with Gasteiger partial charge in [0, 0.05) is 25.2 Å². The largest absolute Gasteiger partial charge is 0.359 e. The van der Waals surface area contributed by atoms with Crippen molar-refractivity contribution in [2.24, 2.45) is 5.92 Å². The Morgan fingerprint density at radius 3 is 2.61 bits per heavy atom. The third kappa shape index (κ3) is 3.17. The molecule has 0 aromatic carbocycles. The van der Waals surface area contributed by atoms with E-state index in [2.05, 4.69) is 37.9 Å². The van der Waals surface area contributed by atoms with Gasteiger partial charge in [-0.3, -0.25) is 0 Å².